The van der Waals surface area contributed by atoms with Crippen LogP contribution in [-0.2, 0) is 6.54 Å². The fourth-order valence-electron chi connectivity index (χ4n) is 2.35. The van der Waals surface area contributed by atoms with Gasteiger partial charge in [-0.25, -0.2) is 0 Å². The van der Waals surface area contributed by atoms with Crippen LogP contribution in [-0.4, -0.2) is 13.2 Å². The summed E-state index contributed by atoms with van der Waals surface area (Å²) in [6.45, 7) is 4.27. The van der Waals surface area contributed by atoms with Crippen molar-refractivity contribution >= 4 is 5.69 Å². The number of hydrogen-bond acceptors (Lipinski definition) is 3. The van der Waals surface area contributed by atoms with E-state index in [9.17, 15) is 0 Å². The Kier molecular flexibility index (Phi) is 3.77. The lowest BCUT2D eigenvalue weighted by Gasteiger charge is -2.13. The largest absolute Gasteiger partial charge is 0.490 e. The summed E-state index contributed by atoms with van der Waals surface area (Å²) in [5, 5.41) is 3.44. The minimum absolute atomic E-state index is 0.717. The monoisotopic (exact) mass is 269 g/mol. The van der Waals surface area contributed by atoms with Crippen molar-refractivity contribution in [1.82, 2.24) is 0 Å². The smallest absolute Gasteiger partial charge is 0.166 e. The third-order valence-corrected chi connectivity index (χ3v) is 3.35. The molecule has 0 saturated carbocycles. The molecule has 1 N–H and O–H groups in total. The predicted octanol–water partition coefficient (Wildman–Crippen LogP) is 3.77. The third-order valence-electron chi connectivity index (χ3n) is 3.35. The quantitative estimate of drug-likeness (QED) is 0.920. The molecule has 1 aliphatic heterocycles. The number of fused-ring (bicyclic) bond motifs is 1. The molecule has 0 spiro atoms. The standard InChI is InChI=1S/C17H19NO2/c1-13-5-2-7-15(11-13)18-12-14-6-3-8-16-17(14)20-10-4-9-19-16/h2-3,5-8,11,18H,4,9-10,12H2,1H3. The maximum Gasteiger partial charge on any atom is 0.166 e. The number of ether oxygens (including phenoxy) is 2. The SMILES string of the molecule is Cc1cccc(NCc2cccc3c2OCCCO3)c1. The van der Waals surface area contributed by atoms with Crippen molar-refractivity contribution in [1.29, 1.82) is 0 Å². The Bertz CT molecular complexity index is 595. The van der Waals surface area contributed by atoms with Crippen LogP contribution in [0, 0.1) is 6.92 Å². The molecule has 2 aromatic rings. The van der Waals surface area contributed by atoms with Gasteiger partial charge in [-0.3, -0.25) is 0 Å². The lowest BCUT2D eigenvalue weighted by molar-refractivity contribution is 0.296. The highest BCUT2D eigenvalue weighted by molar-refractivity contribution is 5.51. The van der Waals surface area contributed by atoms with Gasteiger partial charge in [0.2, 0.25) is 0 Å². The van der Waals surface area contributed by atoms with E-state index < -0.39 is 0 Å². The van der Waals surface area contributed by atoms with Crippen molar-refractivity contribution in [2.24, 2.45) is 0 Å². The van der Waals surface area contributed by atoms with Crippen molar-refractivity contribution in [2.45, 2.75) is 19.9 Å². The second-order valence-electron chi connectivity index (χ2n) is 5.02. The van der Waals surface area contributed by atoms with Crippen LogP contribution in [0.5, 0.6) is 11.5 Å². The first-order chi connectivity index (χ1) is 9.83. The molecule has 0 unspecified atom stereocenters. The van der Waals surface area contributed by atoms with Gasteiger partial charge in [0.05, 0.1) is 13.2 Å². The van der Waals surface area contributed by atoms with Gasteiger partial charge in [0.25, 0.3) is 0 Å². The topological polar surface area (TPSA) is 30.5 Å². The summed E-state index contributed by atoms with van der Waals surface area (Å²) in [6, 6.07) is 14.4. The highest BCUT2D eigenvalue weighted by Crippen LogP contribution is 2.33. The van der Waals surface area contributed by atoms with Crippen LogP contribution >= 0.6 is 0 Å². The average molecular weight is 269 g/mol. The van der Waals surface area contributed by atoms with Gasteiger partial charge in [-0.1, -0.05) is 24.3 Å². The molecule has 1 heterocycles. The Morgan fingerprint density at radius 2 is 1.90 bits per heavy atom. The summed E-state index contributed by atoms with van der Waals surface area (Å²) in [5.41, 5.74) is 3.50. The summed E-state index contributed by atoms with van der Waals surface area (Å²) in [6.07, 6.45) is 0.930. The molecule has 2 aromatic carbocycles. The zero-order valence-corrected chi connectivity index (χ0v) is 11.7. The molecular formula is C17H19NO2. The van der Waals surface area contributed by atoms with E-state index in [1.807, 2.05) is 12.1 Å². The van der Waals surface area contributed by atoms with Crippen molar-refractivity contribution in [3.8, 4) is 11.5 Å². The maximum absolute atomic E-state index is 5.83. The van der Waals surface area contributed by atoms with E-state index in [1.54, 1.807) is 0 Å². The molecule has 3 nitrogen and oxygen atoms in total. The van der Waals surface area contributed by atoms with E-state index in [0.717, 1.165) is 42.3 Å². The highest BCUT2D eigenvalue weighted by Gasteiger charge is 2.13. The van der Waals surface area contributed by atoms with E-state index in [4.69, 9.17) is 9.47 Å². The van der Waals surface area contributed by atoms with Crippen molar-refractivity contribution in [3.05, 3.63) is 53.6 Å². The summed E-state index contributed by atoms with van der Waals surface area (Å²) in [7, 11) is 0. The number of para-hydroxylation sites is 1. The summed E-state index contributed by atoms with van der Waals surface area (Å²) in [4.78, 5) is 0. The van der Waals surface area contributed by atoms with Gasteiger partial charge in [0.1, 0.15) is 0 Å². The fourth-order valence-corrected chi connectivity index (χ4v) is 2.35. The number of hydrogen-bond donors (Lipinski definition) is 1. The molecule has 0 bridgehead atoms. The fraction of sp³-hybridized carbons (Fsp3) is 0.294. The normalized spacial score (nSPS) is 13.7. The van der Waals surface area contributed by atoms with Gasteiger partial charge in [-0.05, 0) is 30.7 Å². The van der Waals surface area contributed by atoms with Crippen LogP contribution in [0.2, 0.25) is 0 Å². The first-order valence-electron chi connectivity index (χ1n) is 7.01. The van der Waals surface area contributed by atoms with E-state index in [-0.39, 0.29) is 0 Å². The van der Waals surface area contributed by atoms with E-state index in [2.05, 4.69) is 42.6 Å². The van der Waals surface area contributed by atoms with Crippen LogP contribution in [0.3, 0.4) is 0 Å². The third kappa shape index (κ3) is 2.87. The molecule has 3 rings (SSSR count). The Morgan fingerprint density at radius 1 is 1.05 bits per heavy atom. The van der Waals surface area contributed by atoms with E-state index in [0.29, 0.717) is 6.61 Å². The van der Waals surface area contributed by atoms with Gasteiger partial charge in [-0.15, -0.1) is 0 Å². The summed E-state index contributed by atoms with van der Waals surface area (Å²) in [5.74, 6) is 1.73. The average Bonchev–Trinajstić information content (AvgIpc) is 2.71. The Hall–Kier alpha value is -2.16. The number of anilines is 1. The molecular weight excluding hydrogens is 250 g/mol. The molecule has 20 heavy (non-hydrogen) atoms. The molecule has 104 valence electrons. The van der Waals surface area contributed by atoms with Gasteiger partial charge in [0, 0.05) is 24.2 Å². The Balaban J connectivity index is 1.77. The molecule has 0 amide bonds. The van der Waals surface area contributed by atoms with Crippen LogP contribution < -0.4 is 14.8 Å². The van der Waals surface area contributed by atoms with Crippen LogP contribution in [0.4, 0.5) is 5.69 Å². The first kappa shape index (κ1) is 12.9. The van der Waals surface area contributed by atoms with Crippen molar-refractivity contribution in [3.63, 3.8) is 0 Å². The predicted molar refractivity (Wildman–Crippen MR) is 80.6 cm³/mol. The van der Waals surface area contributed by atoms with Crippen LogP contribution in [0.1, 0.15) is 17.5 Å². The lowest BCUT2D eigenvalue weighted by atomic mass is 10.1. The molecule has 0 saturated heterocycles. The number of nitrogens with one attached hydrogen (secondary N) is 1. The summed E-state index contributed by atoms with van der Waals surface area (Å²) >= 11 is 0. The number of aryl methyl sites for hydroxylation is 1. The second kappa shape index (κ2) is 5.87. The van der Waals surface area contributed by atoms with Gasteiger partial charge in [-0.2, -0.15) is 0 Å². The zero-order chi connectivity index (χ0) is 13.8. The molecule has 0 aromatic heterocycles. The van der Waals surface area contributed by atoms with Gasteiger partial charge >= 0.3 is 0 Å². The van der Waals surface area contributed by atoms with E-state index in [1.165, 1.54) is 5.56 Å². The molecule has 3 heteroatoms. The van der Waals surface area contributed by atoms with Crippen LogP contribution in [0.25, 0.3) is 0 Å². The molecule has 0 fully saturated rings. The molecule has 0 atom stereocenters. The second-order valence-corrected chi connectivity index (χ2v) is 5.02. The van der Waals surface area contributed by atoms with Crippen LogP contribution in [0.15, 0.2) is 42.5 Å². The van der Waals surface area contributed by atoms with Crippen molar-refractivity contribution in [2.75, 3.05) is 18.5 Å². The molecule has 1 aliphatic rings. The summed E-state index contributed by atoms with van der Waals surface area (Å²) < 4.78 is 11.5. The highest BCUT2D eigenvalue weighted by atomic mass is 16.5. The zero-order valence-electron chi connectivity index (χ0n) is 11.7. The lowest BCUT2D eigenvalue weighted by Crippen LogP contribution is -2.03. The Morgan fingerprint density at radius 3 is 2.80 bits per heavy atom. The maximum atomic E-state index is 5.83. The van der Waals surface area contributed by atoms with Gasteiger partial charge in [0.15, 0.2) is 11.5 Å². The minimum atomic E-state index is 0.717. The number of rotatable bonds is 3. The van der Waals surface area contributed by atoms with E-state index >= 15 is 0 Å². The number of benzene rings is 2. The Labute approximate surface area is 119 Å². The molecule has 0 aliphatic carbocycles. The first-order valence-corrected chi connectivity index (χ1v) is 7.01. The molecule has 0 radical (unpaired) electrons. The minimum Gasteiger partial charge on any atom is -0.490 e. The van der Waals surface area contributed by atoms with Crippen molar-refractivity contribution < 1.29 is 9.47 Å². The van der Waals surface area contributed by atoms with Gasteiger partial charge < -0.3 is 14.8 Å².